The Bertz CT molecular complexity index is 963. The monoisotopic (exact) mass is 302 g/mol. The quantitative estimate of drug-likeness (QED) is 0.581. The highest BCUT2D eigenvalue weighted by Gasteiger charge is 2.11. The molecule has 0 atom stereocenters. The molecular formula is C18H14N4O. The van der Waals surface area contributed by atoms with Crippen LogP contribution in [0.5, 0.6) is 5.75 Å². The maximum absolute atomic E-state index is 5.30. The second kappa shape index (κ2) is 5.53. The summed E-state index contributed by atoms with van der Waals surface area (Å²) in [6.07, 6.45) is 1.74. The first-order valence-electron chi connectivity index (χ1n) is 7.27. The van der Waals surface area contributed by atoms with E-state index in [-0.39, 0.29) is 0 Å². The molecule has 23 heavy (non-hydrogen) atoms. The fourth-order valence-electron chi connectivity index (χ4n) is 2.50. The largest absolute Gasteiger partial charge is 0.497 e. The number of methoxy groups -OCH3 is 1. The predicted octanol–water partition coefficient (Wildman–Crippen LogP) is 3.47. The van der Waals surface area contributed by atoms with Gasteiger partial charge in [0, 0.05) is 17.3 Å². The predicted molar refractivity (Wildman–Crippen MR) is 88.2 cm³/mol. The molecule has 112 valence electrons. The van der Waals surface area contributed by atoms with Crippen LogP contribution in [0.4, 0.5) is 0 Å². The highest BCUT2D eigenvalue weighted by molar-refractivity contribution is 5.65. The van der Waals surface area contributed by atoms with E-state index >= 15 is 0 Å². The van der Waals surface area contributed by atoms with Crippen molar-refractivity contribution < 1.29 is 4.74 Å². The first kappa shape index (κ1) is 13.5. The number of ether oxygens (including phenoxy) is 1. The van der Waals surface area contributed by atoms with Crippen molar-refractivity contribution >= 4 is 5.78 Å². The standard InChI is InChI=1S/C18H14N4O/c1-23-15-9-5-8-14(12-15)16-10-11-19-18-20-17(21-22(16)18)13-6-3-2-4-7-13/h2-12H,1H3. The third kappa shape index (κ3) is 2.42. The number of nitrogens with zero attached hydrogens (tertiary/aromatic N) is 4. The van der Waals surface area contributed by atoms with Gasteiger partial charge >= 0.3 is 0 Å². The molecule has 0 amide bonds. The lowest BCUT2D eigenvalue weighted by Gasteiger charge is -2.05. The molecule has 2 heterocycles. The topological polar surface area (TPSA) is 52.3 Å². The fraction of sp³-hybridized carbons (Fsp3) is 0.0556. The van der Waals surface area contributed by atoms with Gasteiger partial charge < -0.3 is 4.74 Å². The summed E-state index contributed by atoms with van der Waals surface area (Å²) < 4.78 is 7.06. The van der Waals surface area contributed by atoms with Crippen LogP contribution >= 0.6 is 0 Å². The van der Waals surface area contributed by atoms with Crippen LogP contribution in [0.3, 0.4) is 0 Å². The van der Waals surface area contributed by atoms with E-state index < -0.39 is 0 Å². The van der Waals surface area contributed by atoms with Crippen molar-refractivity contribution in [1.29, 1.82) is 0 Å². The van der Waals surface area contributed by atoms with E-state index in [0.717, 1.165) is 22.6 Å². The summed E-state index contributed by atoms with van der Waals surface area (Å²) in [5, 5.41) is 4.62. The second-order valence-electron chi connectivity index (χ2n) is 5.08. The summed E-state index contributed by atoms with van der Waals surface area (Å²) in [6.45, 7) is 0. The van der Waals surface area contributed by atoms with E-state index in [1.807, 2.05) is 60.7 Å². The summed E-state index contributed by atoms with van der Waals surface area (Å²) >= 11 is 0. The summed E-state index contributed by atoms with van der Waals surface area (Å²) in [6, 6.07) is 19.7. The molecule has 4 rings (SSSR count). The average molecular weight is 302 g/mol. The van der Waals surface area contributed by atoms with Crippen molar-refractivity contribution in [1.82, 2.24) is 19.6 Å². The minimum Gasteiger partial charge on any atom is -0.497 e. The van der Waals surface area contributed by atoms with Gasteiger partial charge in [-0.05, 0) is 18.2 Å². The van der Waals surface area contributed by atoms with Crippen molar-refractivity contribution in [2.24, 2.45) is 0 Å². The molecule has 2 aromatic heterocycles. The van der Waals surface area contributed by atoms with E-state index in [0.29, 0.717) is 11.6 Å². The third-order valence-electron chi connectivity index (χ3n) is 3.64. The Kier molecular flexibility index (Phi) is 3.24. The SMILES string of the molecule is COc1cccc(-c2ccnc3nc(-c4ccccc4)nn23)c1. The molecule has 0 saturated heterocycles. The molecular weight excluding hydrogens is 288 g/mol. The molecule has 0 unspecified atom stereocenters. The van der Waals surface area contributed by atoms with Gasteiger partial charge in [-0.25, -0.2) is 4.98 Å². The highest BCUT2D eigenvalue weighted by atomic mass is 16.5. The summed E-state index contributed by atoms with van der Waals surface area (Å²) in [4.78, 5) is 8.84. The van der Waals surface area contributed by atoms with Crippen LogP contribution in [-0.2, 0) is 0 Å². The van der Waals surface area contributed by atoms with Crippen LogP contribution in [0.15, 0.2) is 66.9 Å². The first-order valence-corrected chi connectivity index (χ1v) is 7.27. The smallest absolute Gasteiger partial charge is 0.253 e. The van der Waals surface area contributed by atoms with E-state index in [1.54, 1.807) is 17.8 Å². The zero-order valence-electron chi connectivity index (χ0n) is 12.5. The Hall–Kier alpha value is -3.21. The number of aromatic nitrogens is 4. The molecule has 5 heteroatoms. The summed E-state index contributed by atoms with van der Waals surface area (Å²) in [5.41, 5.74) is 2.89. The van der Waals surface area contributed by atoms with Crippen LogP contribution in [0.25, 0.3) is 28.4 Å². The Morgan fingerprint density at radius 3 is 2.57 bits per heavy atom. The minimum atomic E-state index is 0.573. The lowest BCUT2D eigenvalue weighted by Crippen LogP contribution is -1.96. The highest BCUT2D eigenvalue weighted by Crippen LogP contribution is 2.24. The van der Waals surface area contributed by atoms with Gasteiger partial charge in [0.15, 0.2) is 5.82 Å². The molecule has 0 N–H and O–H groups in total. The first-order chi connectivity index (χ1) is 11.3. The number of rotatable bonds is 3. The van der Waals surface area contributed by atoms with Gasteiger partial charge in [0.1, 0.15) is 5.75 Å². The van der Waals surface area contributed by atoms with Crippen molar-refractivity contribution in [2.75, 3.05) is 7.11 Å². The van der Waals surface area contributed by atoms with Gasteiger partial charge in [-0.1, -0.05) is 42.5 Å². The molecule has 0 radical (unpaired) electrons. The van der Waals surface area contributed by atoms with Crippen molar-refractivity contribution in [3.63, 3.8) is 0 Å². The van der Waals surface area contributed by atoms with Crippen LogP contribution in [0, 0.1) is 0 Å². The lowest BCUT2D eigenvalue weighted by molar-refractivity contribution is 0.415. The minimum absolute atomic E-state index is 0.573. The van der Waals surface area contributed by atoms with E-state index in [1.165, 1.54) is 0 Å². The molecule has 5 nitrogen and oxygen atoms in total. The van der Waals surface area contributed by atoms with E-state index in [9.17, 15) is 0 Å². The van der Waals surface area contributed by atoms with Gasteiger partial charge in [-0.3, -0.25) is 0 Å². The lowest BCUT2D eigenvalue weighted by atomic mass is 10.1. The number of hydrogen-bond donors (Lipinski definition) is 0. The van der Waals surface area contributed by atoms with E-state index in [2.05, 4.69) is 15.1 Å². The van der Waals surface area contributed by atoms with Gasteiger partial charge in [0.25, 0.3) is 5.78 Å². The molecule has 0 aliphatic rings. The molecule has 0 saturated carbocycles. The number of benzene rings is 2. The maximum atomic E-state index is 5.30. The van der Waals surface area contributed by atoms with Gasteiger partial charge in [0.2, 0.25) is 0 Å². The molecule has 0 spiro atoms. The zero-order valence-corrected chi connectivity index (χ0v) is 12.5. The number of hydrogen-bond acceptors (Lipinski definition) is 4. The molecule has 2 aromatic carbocycles. The summed E-state index contributed by atoms with van der Waals surface area (Å²) in [7, 11) is 1.66. The molecule has 0 bridgehead atoms. The van der Waals surface area contributed by atoms with Crippen LogP contribution in [-0.4, -0.2) is 26.7 Å². The zero-order chi connectivity index (χ0) is 15.6. The Labute approximate surface area is 133 Å². The third-order valence-corrected chi connectivity index (χ3v) is 3.64. The fourth-order valence-corrected chi connectivity index (χ4v) is 2.50. The van der Waals surface area contributed by atoms with Crippen LogP contribution in [0.1, 0.15) is 0 Å². The van der Waals surface area contributed by atoms with Gasteiger partial charge in [-0.15, -0.1) is 5.10 Å². The maximum Gasteiger partial charge on any atom is 0.253 e. The molecule has 0 aliphatic carbocycles. The average Bonchev–Trinajstić information content (AvgIpc) is 3.07. The van der Waals surface area contributed by atoms with Crippen molar-refractivity contribution in [3.05, 3.63) is 66.9 Å². The van der Waals surface area contributed by atoms with Crippen LogP contribution < -0.4 is 4.74 Å². The van der Waals surface area contributed by atoms with Crippen LogP contribution in [0.2, 0.25) is 0 Å². The second-order valence-corrected chi connectivity index (χ2v) is 5.08. The van der Waals surface area contributed by atoms with Crippen molar-refractivity contribution in [2.45, 2.75) is 0 Å². The van der Waals surface area contributed by atoms with E-state index in [4.69, 9.17) is 4.74 Å². The molecule has 0 fully saturated rings. The molecule has 0 aliphatic heterocycles. The van der Waals surface area contributed by atoms with Crippen molar-refractivity contribution in [3.8, 4) is 28.4 Å². The Balaban J connectivity index is 1.89. The summed E-state index contributed by atoms with van der Waals surface area (Å²) in [5.74, 6) is 2.04. The Morgan fingerprint density at radius 2 is 1.74 bits per heavy atom. The normalized spacial score (nSPS) is 10.8. The number of fused-ring (bicyclic) bond motifs is 1. The van der Waals surface area contributed by atoms with Gasteiger partial charge in [-0.2, -0.15) is 9.50 Å². The van der Waals surface area contributed by atoms with Gasteiger partial charge in [0.05, 0.1) is 12.8 Å². The Morgan fingerprint density at radius 1 is 0.913 bits per heavy atom. The molecule has 4 aromatic rings.